The average molecular weight is 399 g/mol. The van der Waals surface area contributed by atoms with Crippen LogP contribution in [0.3, 0.4) is 0 Å². The van der Waals surface area contributed by atoms with Crippen molar-refractivity contribution < 1.29 is 4.79 Å². The molecule has 0 spiro atoms. The SMILES string of the molecule is CC(C)[C@@H](C)/C=C/[C@@H](C)C1CCC2C3CC[C@H]4CC(=O)CCC4(C)C3CCC21C. The molecule has 1 nitrogen and oxygen atoms in total. The van der Waals surface area contributed by atoms with Gasteiger partial charge in [-0.3, -0.25) is 4.79 Å². The van der Waals surface area contributed by atoms with Crippen LogP contribution in [0.5, 0.6) is 0 Å². The number of rotatable bonds is 4. The lowest BCUT2D eigenvalue weighted by Gasteiger charge is -2.60. The number of allylic oxidation sites excluding steroid dienone is 2. The molecule has 0 amide bonds. The van der Waals surface area contributed by atoms with Crippen molar-refractivity contribution in [3.8, 4) is 0 Å². The number of carbonyl (C=O) groups is 1. The first-order chi connectivity index (χ1) is 13.7. The molecule has 4 rings (SSSR count). The smallest absolute Gasteiger partial charge is 0.133 e. The number of ketones is 1. The fraction of sp³-hybridized carbons (Fsp3) is 0.893. The normalized spacial score (nSPS) is 47.0. The quantitative estimate of drug-likeness (QED) is 0.443. The van der Waals surface area contributed by atoms with E-state index in [1.54, 1.807) is 0 Å². The first-order valence-corrected chi connectivity index (χ1v) is 12.9. The van der Waals surface area contributed by atoms with Gasteiger partial charge in [0.15, 0.2) is 0 Å². The Hall–Kier alpha value is -0.590. The van der Waals surface area contributed by atoms with E-state index in [2.05, 4.69) is 53.7 Å². The van der Waals surface area contributed by atoms with Gasteiger partial charge in [-0.15, -0.1) is 0 Å². The van der Waals surface area contributed by atoms with Crippen LogP contribution in [0.25, 0.3) is 0 Å². The Balaban J connectivity index is 1.51. The van der Waals surface area contributed by atoms with Crippen molar-refractivity contribution in [2.45, 2.75) is 99.3 Å². The van der Waals surface area contributed by atoms with Crippen LogP contribution >= 0.6 is 0 Å². The van der Waals surface area contributed by atoms with Crippen molar-refractivity contribution in [1.29, 1.82) is 0 Å². The summed E-state index contributed by atoms with van der Waals surface area (Å²) in [7, 11) is 0. The lowest BCUT2D eigenvalue weighted by molar-refractivity contribution is -0.140. The zero-order chi connectivity index (χ0) is 21.0. The van der Waals surface area contributed by atoms with E-state index in [0.29, 0.717) is 34.4 Å². The van der Waals surface area contributed by atoms with Gasteiger partial charge in [-0.05, 0) is 103 Å². The largest absolute Gasteiger partial charge is 0.300 e. The van der Waals surface area contributed by atoms with E-state index in [0.717, 1.165) is 42.4 Å². The van der Waals surface area contributed by atoms with Gasteiger partial charge in [0.25, 0.3) is 0 Å². The molecule has 0 bridgehead atoms. The first-order valence-electron chi connectivity index (χ1n) is 12.9. The number of carbonyl (C=O) groups excluding carboxylic acids is 1. The van der Waals surface area contributed by atoms with Gasteiger partial charge >= 0.3 is 0 Å². The molecule has 9 atom stereocenters. The minimum absolute atomic E-state index is 0.453. The summed E-state index contributed by atoms with van der Waals surface area (Å²) in [6, 6.07) is 0. The summed E-state index contributed by atoms with van der Waals surface area (Å²) in [5.41, 5.74) is 0.994. The van der Waals surface area contributed by atoms with Crippen LogP contribution in [0.15, 0.2) is 12.2 Å². The molecule has 29 heavy (non-hydrogen) atoms. The Labute approximate surface area is 180 Å². The van der Waals surface area contributed by atoms with Crippen LogP contribution in [0.1, 0.15) is 99.3 Å². The van der Waals surface area contributed by atoms with Crippen molar-refractivity contribution in [2.75, 3.05) is 0 Å². The Morgan fingerprint density at radius 1 is 0.862 bits per heavy atom. The molecule has 0 aromatic rings. The number of hydrogen-bond donors (Lipinski definition) is 0. The molecule has 4 saturated carbocycles. The molecule has 0 radical (unpaired) electrons. The summed E-state index contributed by atoms with van der Waals surface area (Å²) in [6.45, 7) is 14.8. The topological polar surface area (TPSA) is 17.1 Å². The fourth-order valence-corrected chi connectivity index (χ4v) is 8.66. The monoisotopic (exact) mass is 398 g/mol. The van der Waals surface area contributed by atoms with Gasteiger partial charge in [0.2, 0.25) is 0 Å². The van der Waals surface area contributed by atoms with Gasteiger partial charge in [-0.1, -0.05) is 53.7 Å². The summed E-state index contributed by atoms with van der Waals surface area (Å²) < 4.78 is 0. The predicted molar refractivity (Wildman–Crippen MR) is 123 cm³/mol. The third kappa shape index (κ3) is 3.57. The minimum Gasteiger partial charge on any atom is -0.300 e. The summed E-state index contributed by atoms with van der Waals surface area (Å²) >= 11 is 0. The molecule has 0 aliphatic heterocycles. The summed E-state index contributed by atoms with van der Waals surface area (Å²) in [6.07, 6.45) is 16.5. The van der Waals surface area contributed by atoms with E-state index in [-0.39, 0.29) is 0 Å². The van der Waals surface area contributed by atoms with Crippen molar-refractivity contribution in [3.05, 3.63) is 12.2 Å². The highest BCUT2D eigenvalue weighted by Crippen LogP contribution is 2.68. The van der Waals surface area contributed by atoms with E-state index in [1.165, 1.54) is 44.9 Å². The highest BCUT2D eigenvalue weighted by molar-refractivity contribution is 5.79. The molecule has 4 aliphatic rings. The summed E-state index contributed by atoms with van der Waals surface area (Å²) in [4.78, 5) is 12.1. The average Bonchev–Trinajstić information content (AvgIpc) is 3.03. The van der Waals surface area contributed by atoms with E-state index in [4.69, 9.17) is 0 Å². The Morgan fingerprint density at radius 2 is 1.59 bits per heavy atom. The molecule has 164 valence electrons. The van der Waals surface area contributed by atoms with Crippen molar-refractivity contribution >= 4 is 5.78 Å². The summed E-state index contributed by atoms with van der Waals surface area (Å²) in [5.74, 6) is 6.97. The Bertz CT molecular complexity index is 647. The van der Waals surface area contributed by atoms with Crippen molar-refractivity contribution in [2.24, 2.45) is 58.2 Å². The predicted octanol–water partition coefficient (Wildman–Crippen LogP) is 7.70. The highest BCUT2D eigenvalue weighted by Gasteiger charge is 2.60. The second-order valence-corrected chi connectivity index (χ2v) is 12.5. The minimum atomic E-state index is 0.453. The molecule has 1 heteroatoms. The maximum absolute atomic E-state index is 12.1. The van der Waals surface area contributed by atoms with Crippen LogP contribution in [0, 0.1) is 58.2 Å². The van der Waals surface area contributed by atoms with Gasteiger partial charge in [-0.25, -0.2) is 0 Å². The molecular weight excluding hydrogens is 352 g/mol. The first kappa shape index (κ1) is 21.6. The molecule has 4 aliphatic carbocycles. The molecule has 0 heterocycles. The van der Waals surface area contributed by atoms with Crippen LogP contribution in [0.2, 0.25) is 0 Å². The standard InChI is InChI=1S/C28H46O/c1-18(2)19(3)7-8-20(4)24-11-12-25-23-10-9-21-17-22(29)13-15-27(21,5)26(23)14-16-28(24,25)6/h7-8,18-21,23-26H,9-17H2,1-6H3/b8-7+/t19-,20+,21-,23?,24?,25?,26?,27?,28?/m0/s1. The van der Waals surface area contributed by atoms with Crippen LogP contribution in [0.4, 0.5) is 0 Å². The molecular formula is C28H46O. The zero-order valence-corrected chi connectivity index (χ0v) is 20.0. The van der Waals surface area contributed by atoms with E-state index >= 15 is 0 Å². The third-order valence-electron chi connectivity index (χ3n) is 11.0. The second kappa shape index (κ2) is 7.83. The van der Waals surface area contributed by atoms with Gasteiger partial charge in [-0.2, -0.15) is 0 Å². The zero-order valence-electron chi connectivity index (χ0n) is 20.0. The molecule has 0 aromatic carbocycles. The van der Waals surface area contributed by atoms with Crippen LogP contribution in [-0.4, -0.2) is 5.78 Å². The second-order valence-electron chi connectivity index (χ2n) is 12.5. The lowest BCUT2D eigenvalue weighted by Crippen LogP contribution is -2.53. The van der Waals surface area contributed by atoms with Crippen molar-refractivity contribution in [1.82, 2.24) is 0 Å². The lowest BCUT2D eigenvalue weighted by atomic mass is 9.44. The number of fused-ring (bicyclic) bond motifs is 5. The summed E-state index contributed by atoms with van der Waals surface area (Å²) in [5, 5.41) is 0. The maximum atomic E-state index is 12.1. The van der Waals surface area contributed by atoms with E-state index in [1.807, 2.05) is 0 Å². The Morgan fingerprint density at radius 3 is 2.31 bits per heavy atom. The molecule has 4 fully saturated rings. The maximum Gasteiger partial charge on any atom is 0.133 e. The van der Waals surface area contributed by atoms with Crippen LogP contribution < -0.4 is 0 Å². The van der Waals surface area contributed by atoms with Gasteiger partial charge in [0.1, 0.15) is 5.78 Å². The van der Waals surface area contributed by atoms with E-state index in [9.17, 15) is 4.79 Å². The highest BCUT2D eigenvalue weighted by atomic mass is 16.1. The fourth-order valence-electron chi connectivity index (χ4n) is 8.66. The third-order valence-corrected chi connectivity index (χ3v) is 11.0. The Kier molecular flexibility index (Phi) is 5.84. The van der Waals surface area contributed by atoms with Gasteiger partial charge in [0.05, 0.1) is 0 Å². The molecule has 0 saturated heterocycles. The molecule has 0 aromatic heterocycles. The molecule has 0 N–H and O–H groups in total. The van der Waals surface area contributed by atoms with Crippen LogP contribution in [-0.2, 0) is 4.79 Å². The van der Waals surface area contributed by atoms with Gasteiger partial charge < -0.3 is 0 Å². The van der Waals surface area contributed by atoms with Gasteiger partial charge in [0, 0.05) is 12.8 Å². The molecule has 6 unspecified atom stereocenters. The number of Topliss-reactive ketones (excluding diaryl/α,β-unsaturated/α-hetero) is 1. The number of hydrogen-bond acceptors (Lipinski definition) is 1. The van der Waals surface area contributed by atoms with E-state index < -0.39 is 0 Å². The van der Waals surface area contributed by atoms with Crippen molar-refractivity contribution in [3.63, 3.8) is 0 Å².